The topological polar surface area (TPSA) is 30.7 Å². The van der Waals surface area contributed by atoms with Gasteiger partial charge in [0.2, 0.25) is 0 Å². The van der Waals surface area contributed by atoms with E-state index in [0.717, 1.165) is 18.8 Å². The molecule has 70 valence electrons. The molecule has 0 bridgehead atoms. The van der Waals surface area contributed by atoms with Crippen LogP contribution in [-0.2, 0) is 0 Å². The van der Waals surface area contributed by atoms with Gasteiger partial charge in [-0.3, -0.25) is 0 Å². The summed E-state index contributed by atoms with van der Waals surface area (Å²) in [5.74, 6) is 0.777. The number of allylic oxidation sites excluding steroid dienone is 1. The first-order valence-corrected chi connectivity index (χ1v) is 4.81. The van der Waals surface area contributed by atoms with Crippen LogP contribution in [0.5, 0.6) is 0 Å². The van der Waals surface area contributed by atoms with E-state index in [-0.39, 0.29) is 0 Å². The van der Waals surface area contributed by atoms with Crippen LogP contribution < -0.4 is 0 Å². The van der Waals surface area contributed by atoms with Crippen LogP contribution in [0.4, 0.5) is 0 Å². The Labute approximate surface area is 78.5 Å². The predicted octanol–water partition coefficient (Wildman–Crippen LogP) is 2.20. The average molecular weight is 177 g/mol. The van der Waals surface area contributed by atoms with E-state index >= 15 is 0 Å². The van der Waals surface area contributed by atoms with Crippen molar-refractivity contribution in [2.45, 2.75) is 32.2 Å². The Morgan fingerprint density at radius 2 is 2.08 bits per heavy atom. The van der Waals surface area contributed by atoms with Gasteiger partial charge in [0, 0.05) is 0 Å². The molecule has 3 nitrogen and oxygen atoms in total. The zero-order chi connectivity index (χ0) is 9.26. The Balaban J connectivity index is 2.13. The quantitative estimate of drug-likeness (QED) is 0.616. The third-order valence-corrected chi connectivity index (χ3v) is 2.73. The molecule has 1 aliphatic carbocycles. The molecule has 2 unspecified atom stereocenters. The van der Waals surface area contributed by atoms with E-state index in [4.69, 9.17) is 0 Å². The van der Waals surface area contributed by atoms with E-state index in [1.54, 1.807) is 17.2 Å². The molecule has 1 heterocycles. The molecule has 0 aliphatic heterocycles. The zero-order valence-electron chi connectivity index (χ0n) is 7.98. The van der Waals surface area contributed by atoms with Gasteiger partial charge in [0.25, 0.3) is 0 Å². The van der Waals surface area contributed by atoms with Gasteiger partial charge in [0.15, 0.2) is 0 Å². The lowest BCUT2D eigenvalue weighted by Crippen LogP contribution is -2.20. The fourth-order valence-corrected chi connectivity index (χ4v) is 2.00. The first-order chi connectivity index (χ1) is 6.27. The second-order valence-electron chi connectivity index (χ2n) is 3.91. The standard InChI is InChI=1S/C10H15N3/c1-8-3-4-10(9(2)7-8)13-11-5-6-12-13/h5-6,8,10H,2-4,7H2,1H3. The number of aromatic nitrogens is 3. The summed E-state index contributed by atoms with van der Waals surface area (Å²) < 4.78 is 0. The van der Waals surface area contributed by atoms with Crippen molar-refractivity contribution in [1.29, 1.82) is 0 Å². The van der Waals surface area contributed by atoms with Crippen molar-refractivity contribution in [2.75, 3.05) is 0 Å². The molecule has 0 radical (unpaired) electrons. The van der Waals surface area contributed by atoms with Crippen LogP contribution in [0.2, 0.25) is 0 Å². The fourth-order valence-electron chi connectivity index (χ4n) is 2.00. The lowest BCUT2D eigenvalue weighted by molar-refractivity contribution is 0.325. The van der Waals surface area contributed by atoms with Gasteiger partial charge in [-0.05, 0) is 25.2 Å². The van der Waals surface area contributed by atoms with Crippen molar-refractivity contribution in [2.24, 2.45) is 5.92 Å². The first kappa shape index (κ1) is 8.48. The number of hydrogen-bond acceptors (Lipinski definition) is 2. The molecule has 2 rings (SSSR count). The molecule has 0 amide bonds. The molecule has 1 aromatic heterocycles. The summed E-state index contributed by atoms with van der Waals surface area (Å²) in [4.78, 5) is 1.79. The highest BCUT2D eigenvalue weighted by atomic mass is 15.5. The van der Waals surface area contributed by atoms with Gasteiger partial charge in [-0.15, -0.1) is 0 Å². The van der Waals surface area contributed by atoms with Gasteiger partial charge in [-0.2, -0.15) is 15.0 Å². The molecule has 1 aliphatic rings. The molecule has 0 saturated heterocycles. The van der Waals surface area contributed by atoms with Crippen molar-refractivity contribution in [3.8, 4) is 0 Å². The maximum Gasteiger partial charge on any atom is 0.0923 e. The highest BCUT2D eigenvalue weighted by molar-refractivity contribution is 5.06. The molecule has 0 aromatic carbocycles. The normalized spacial score (nSPS) is 29.2. The summed E-state index contributed by atoms with van der Waals surface area (Å²) >= 11 is 0. The van der Waals surface area contributed by atoms with Gasteiger partial charge in [-0.1, -0.05) is 19.1 Å². The summed E-state index contributed by atoms with van der Waals surface area (Å²) in [5.41, 5.74) is 1.27. The minimum absolute atomic E-state index is 0.339. The summed E-state index contributed by atoms with van der Waals surface area (Å²) in [6, 6.07) is 0.339. The van der Waals surface area contributed by atoms with Crippen LogP contribution in [0.25, 0.3) is 0 Å². The van der Waals surface area contributed by atoms with Gasteiger partial charge >= 0.3 is 0 Å². The smallest absolute Gasteiger partial charge is 0.0923 e. The van der Waals surface area contributed by atoms with E-state index < -0.39 is 0 Å². The van der Waals surface area contributed by atoms with Gasteiger partial charge in [0.05, 0.1) is 18.4 Å². The molecule has 3 heteroatoms. The lowest BCUT2D eigenvalue weighted by Gasteiger charge is -2.27. The van der Waals surface area contributed by atoms with Crippen molar-refractivity contribution >= 4 is 0 Å². The predicted molar refractivity (Wildman–Crippen MR) is 51.2 cm³/mol. The van der Waals surface area contributed by atoms with Crippen LogP contribution in [0.15, 0.2) is 24.5 Å². The van der Waals surface area contributed by atoms with E-state index in [2.05, 4.69) is 23.7 Å². The molecule has 1 aromatic rings. The minimum atomic E-state index is 0.339. The van der Waals surface area contributed by atoms with Crippen LogP contribution in [0.1, 0.15) is 32.2 Å². The van der Waals surface area contributed by atoms with Gasteiger partial charge in [0.1, 0.15) is 0 Å². The lowest BCUT2D eigenvalue weighted by atomic mass is 9.84. The molecular formula is C10H15N3. The first-order valence-electron chi connectivity index (χ1n) is 4.81. The maximum atomic E-state index is 4.16. The third-order valence-electron chi connectivity index (χ3n) is 2.73. The molecule has 1 fully saturated rings. The van der Waals surface area contributed by atoms with E-state index in [9.17, 15) is 0 Å². The summed E-state index contributed by atoms with van der Waals surface area (Å²) in [7, 11) is 0. The third kappa shape index (κ3) is 1.64. The summed E-state index contributed by atoms with van der Waals surface area (Å²) in [5, 5.41) is 8.32. The molecule has 1 saturated carbocycles. The molecule has 2 atom stereocenters. The summed E-state index contributed by atoms with van der Waals surface area (Å²) in [6.07, 6.45) is 6.96. The van der Waals surface area contributed by atoms with Gasteiger partial charge in [-0.25, -0.2) is 0 Å². The zero-order valence-corrected chi connectivity index (χ0v) is 7.98. The van der Waals surface area contributed by atoms with E-state index in [1.807, 2.05) is 0 Å². The Bertz CT molecular complexity index is 289. The Morgan fingerprint density at radius 1 is 1.38 bits per heavy atom. The Morgan fingerprint density at radius 3 is 2.69 bits per heavy atom. The molecule has 13 heavy (non-hydrogen) atoms. The molecule has 0 N–H and O–H groups in total. The summed E-state index contributed by atoms with van der Waals surface area (Å²) in [6.45, 7) is 6.38. The largest absolute Gasteiger partial charge is 0.178 e. The molecular weight excluding hydrogens is 162 g/mol. The highest BCUT2D eigenvalue weighted by Crippen LogP contribution is 2.34. The van der Waals surface area contributed by atoms with Crippen LogP contribution in [0, 0.1) is 5.92 Å². The van der Waals surface area contributed by atoms with Crippen molar-refractivity contribution in [3.63, 3.8) is 0 Å². The average Bonchev–Trinajstić information content (AvgIpc) is 2.56. The van der Waals surface area contributed by atoms with Crippen molar-refractivity contribution in [3.05, 3.63) is 24.5 Å². The molecule has 0 spiro atoms. The van der Waals surface area contributed by atoms with Crippen molar-refractivity contribution in [1.82, 2.24) is 15.0 Å². The SMILES string of the molecule is C=C1CC(C)CCC1n1nccn1. The van der Waals surface area contributed by atoms with E-state index in [0.29, 0.717) is 6.04 Å². The van der Waals surface area contributed by atoms with Gasteiger partial charge < -0.3 is 0 Å². The Hall–Kier alpha value is -1.12. The monoisotopic (exact) mass is 177 g/mol. The number of nitrogens with zero attached hydrogens (tertiary/aromatic N) is 3. The Kier molecular flexibility index (Phi) is 2.17. The maximum absolute atomic E-state index is 4.16. The van der Waals surface area contributed by atoms with Crippen molar-refractivity contribution < 1.29 is 0 Å². The van der Waals surface area contributed by atoms with Crippen LogP contribution >= 0.6 is 0 Å². The number of hydrogen-bond donors (Lipinski definition) is 0. The second kappa shape index (κ2) is 3.32. The number of rotatable bonds is 1. The second-order valence-corrected chi connectivity index (χ2v) is 3.91. The minimum Gasteiger partial charge on any atom is -0.178 e. The van der Waals surface area contributed by atoms with E-state index in [1.165, 1.54) is 12.0 Å². The highest BCUT2D eigenvalue weighted by Gasteiger charge is 2.23. The van der Waals surface area contributed by atoms with Crippen LogP contribution in [-0.4, -0.2) is 15.0 Å². The van der Waals surface area contributed by atoms with Crippen LogP contribution in [0.3, 0.4) is 0 Å². The fraction of sp³-hybridized carbons (Fsp3) is 0.600.